The number of thiazole rings is 1. The van der Waals surface area contributed by atoms with E-state index in [4.69, 9.17) is 4.74 Å². The Hall–Kier alpha value is -1.80. The van der Waals surface area contributed by atoms with Crippen molar-refractivity contribution in [3.05, 3.63) is 27.7 Å². The van der Waals surface area contributed by atoms with E-state index in [2.05, 4.69) is 20.2 Å². The van der Waals surface area contributed by atoms with Gasteiger partial charge in [-0.25, -0.2) is 9.97 Å². The number of amides is 1. The molecule has 2 aromatic rings. The molecule has 1 aliphatic heterocycles. The minimum atomic E-state index is -0.279. The van der Waals surface area contributed by atoms with E-state index in [9.17, 15) is 4.79 Å². The standard InChI is InChI=1S/C13H17N5O2S/c1-3-11-15-12(17-16-11)10-6-18(4-5-20-10)13(19)9-7-21-8(2)14-9/h7,10H,3-6H2,1-2H3,(H,15,16,17)/t10-/m1/s1. The molecular formula is C13H17N5O2S. The lowest BCUT2D eigenvalue weighted by Gasteiger charge is -2.31. The minimum Gasteiger partial charge on any atom is -0.366 e. The average Bonchev–Trinajstić information content (AvgIpc) is 3.15. The van der Waals surface area contributed by atoms with Gasteiger partial charge in [0.25, 0.3) is 5.91 Å². The molecule has 3 heterocycles. The molecule has 1 amide bonds. The fourth-order valence-corrected chi connectivity index (χ4v) is 2.81. The molecule has 0 bridgehead atoms. The third-order valence-corrected chi connectivity index (χ3v) is 4.14. The van der Waals surface area contributed by atoms with E-state index in [1.54, 1.807) is 10.3 Å². The van der Waals surface area contributed by atoms with E-state index >= 15 is 0 Å². The molecule has 0 saturated carbocycles. The van der Waals surface area contributed by atoms with Crippen molar-refractivity contribution in [2.24, 2.45) is 0 Å². The first-order chi connectivity index (χ1) is 10.2. The van der Waals surface area contributed by atoms with E-state index in [1.165, 1.54) is 11.3 Å². The minimum absolute atomic E-state index is 0.0566. The van der Waals surface area contributed by atoms with Crippen LogP contribution in [0.3, 0.4) is 0 Å². The van der Waals surface area contributed by atoms with Crippen molar-refractivity contribution in [3.8, 4) is 0 Å². The molecule has 0 radical (unpaired) electrons. The molecule has 1 fully saturated rings. The Morgan fingerprint density at radius 3 is 3.10 bits per heavy atom. The van der Waals surface area contributed by atoms with E-state index < -0.39 is 0 Å². The number of aromatic nitrogens is 4. The summed E-state index contributed by atoms with van der Waals surface area (Å²) in [6.45, 7) is 5.40. The summed E-state index contributed by atoms with van der Waals surface area (Å²) in [7, 11) is 0. The van der Waals surface area contributed by atoms with Crippen molar-refractivity contribution in [2.45, 2.75) is 26.4 Å². The molecule has 0 aromatic carbocycles. The number of hydrogen-bond acceptors (Lipinski definition) is 6. The van der Waals surface area contributed by atoms with Gasteiger partial charge in [-0.2, -0.15) is 5.10 Å². The highest BCUT2D eigenvalue weighted by molar-refractivity contribution is 7.09. The molecule has 0 aliphatic carbocycles. The SMILES string of the molecule is CCc1nc([C@H]2CN(C(=O)c3csc(C)n3)CCO2)n[nH]1. The number of aromatic amines is 1. The number of rotatable bonds is 3. The molecule has 112 valence electrons. The van der Waals surface area contributed by atoms with Crippen molar-refractivity contribution >= 4 is 17.2 Å². The van der Waals surface area contributed by atoms with Crippen LogP contribution >= 0.6 is 11.3 Å². The summed E-state index contributed by atoms with van der Waals surface area (Å²) in [4.78, 5) is 22.8. The Labute approximate surface area is 126 Å². The number of ether oxygens (including phenoxy) is 1. The highest BCUT2D eigenvalue weighted by Crippen LogP contribution is 2.21. The van der Waals surface area contributed by atoms with Crippen molar-refractivity contribution < 1.29 is 9.53 Å². The number of nitrogens with zero attached hydrogens (tertiary/aromatic N) is 4. The van der Waals surface area contributed by atoms with E-state index in [-0.39, 0.29) is 12.0 Å². The summed E-state index contributed by atoms with van der Waals surface area (Å²) in [5, 5.41) is 9.73. The molecule has 1 aliphatic rings. The van der Waals surface area contributed by atoms with Gasteiger partial charge in [-0.05, 0) is 6.92 Å². The Kier molecular flexibility index (Phi) is 3.98. The lowest BCUT2D eigenvalue weighted by Crippen LogP contribution is -2.42. The van der Waals surface area contributed by atoms with Gasteiger partial charge >= 0.3 is 0 Å². The number of aryl methyl sites for hydroxylation is 2. The summed E-state index contributed by atoms with van der Waals surface area (Å²) < 4.78 is 5.69. The van der Waals surface area contributed by atoms with Crippen LogP contribution in [0.15, 0.2) is 5.38 Å². The van der Waals surface area contributed by atoms with Gasteiger partial charge in [0.05, 0.1) is 18.2 Å². The van der Waals surface area contributed by atoms with Crippen LogP contribution in [0, 0.1) is 6.92 Å². The maximum atomic E-state index is 12.4. The van der Waals surface area contributed by atoms with Crippen LogP contribution in [-0.2, 0) is 11.2 Å². The zero-order valence-corrected chi connectivity index (χ0v) is 12.8. The summed E-state index contributed by atoms with van der Waals surface area (Å²) in [5.41, 5.74) is 0.502. The van der Waals surface area contributed by atoms with Crippen LogP contribution in [0.2, 0.25) is 0 Å². The third kappa shape index (κ3) is 2.96. The molecule has 21 heavy (non-hydrogen) atoms. The summed E-state index contributed by atoms with van der Waals surface area (Å²) in [6, 6.07) is 0. The third-order valence-electron chi connectivity index (χ3n) is 3.36. The van der Waals surface area contributed by atoms with Gasteiger partial charge in [0, 0.05) is 18.3 Å². The molecule has 8 heteroatoms. The molecule has 1 saturated heterocycles. The van der Waals surface area contributed by atoms with E-state index in [1.807, 2.05) is 13.8 Å². The molecule has 1 N–H and O–H groups in total. The zero-order valence-electron chi connectivity index (χ0n) is 12.0. The number of carbonyl (C=O) groups is 1. The average molecular weight is 307 g/mol. The largest absolute Gasteiger partial charge is 0.366 e. The van der Waals surface area contributed by atoms with Crippen LogP contribution in [0.25, 0.3) is 0 Å². The van der Waals surface area contributed by atoms with Gasteiger partial charge in [0.2, 0.25) is 0 Å². The topological polar surface area (TPSA) is 84.0 Å². The smallest absolute Gasteiger partial charge is 0.273 e. The van der Waals surface area contributed by atoms with Gasteiger partial charge in [-0.15, -0.1) is 11.3 Å². The second-order valence-corrected chi connectivity index (χ2v) is 5.92. The van der Waals surface area contributed by atoms with Crippen LogP contribution in [0.5, 0.6) is 0 Å². The van der Waals surface area contributed by atoms with Crippen LogP contribution in [-0.4, -0.2) is 50.7 Å². The van der Waals surface area contributed by atoms with Crippen molar-refractivity contribution in [2.75, 3.05) is 19.7 Å². The first kappa shape index (κ1) is 14.2. The molecule has 1 atom stereocenters. The first-order valence-electron chi connectivity index (χ1n) is 6.91. The Balaban J connectivity index is 1.72. The number of H-pyrrole nitrogens is 1. The van der Waals surface area contributed by atoms with Crippen molar-refractivity contribution in [3.63, 3.8) is 0 Å². The molecule has 2 aromatic heterocycles. The zero-order chi connectivity index (χ0) is 14.8. The lowest BCUT2D eigenvalue weighted by molar-refractivity contribution is -0.0268. The van der Waals surface area contributed by atoms with Gasteiger partial charge in [-0.1, -0.05) is 6.92 Å². The van der Waals surface area contributed by atoms with Crippen molar-refractivity contribution in [1.82, 2.24) is 25.1 Å². The van der Waals surface area contributed by atoms with E-state index in [0.717, 1.165) is 17.3 Å². The molecule has 0 unspecified atom stereocenters. The van der Waals surface area contributed by atoms with Gasteiger partial charge in [0.15, 0.2) is 5.82 Å². The molecule has 0 spiro atoms. The Morgan fingerprint density at radius 2 is 2.43 bits per heavy atom. The van der Waals surface area contributed by atoms with Crippen molar-refractivity contribution in [1.29, 1.82) is 0 Å². The fraction of sp³-hybridized carbons (Fsp3) is 0.538. The summed E-state index contributed by atoms with van der Waals surface area (Å²) in [6.07, 6.45) is 0.513. The quantitative estimate of drug-likeness (QED) is 0.925. The highest BCUT2D eigenvalue weighted by Gasteiger charge is 2.29. The second kappa shape index (κ2) is 5.90. The molecule has 3 rings (SSSR count). The van der Waals surface area contributed by atoms with Crippen LogP contribution < -0.4 is 0 Å². The van der Waals surface area contributed by atoms with Gasteiger partial charge in [-0.3, -0.25) is 9.89 Å². The maximum absolute atomic E-state index is 12.4. The van der Waals surface area contributed by atoms with Gasteiger partial charge in [0.1, 0.15) is 17.6 Å². The maximum Gasteiger partial charge on any atom is 0.273 e. The predicted molar refractivity (Wildman–Crippen MR) is 77.2 cm³/mol. The van der Waals surface area contributed by atoms with Gasteiger partial charge < -0.3 is 9.64 Å². The number of morpholine rings is 1. The second-order valence-electron chi connectivity index (χ2n) is 4.86. The number of carbonyl (C=O) groups excluding carboxylic acids is 1. The lowest BCUT2D eigenvalue weighted by atomic mass is 10.2. The first-order valence-corrected chi connectivity index (χ1v) is 7.79. The predicted octanol–water partition coefficient (Wildman–Crippen LogP) is 1.35. The molecule has 7 nitrogen and oxygen atoms in total. The van der Waals surface area contributed by atoms with Crippen LogP contribution in [0.1, 0.15) is 40.2 Å². The Morgan fingerprint density at radius 1 is 1.57 bits per heavy atom. The normalized spacial score (nSPS) is 19.0. The molecular weight excluding hydrogens is 290 g/mol. The van der Waals surface area contributed by atoms with Crippen LogP contribution in [0.4, 0.5) is 0 Å². The number of hydrogen-bond donors (Lipinski definition) is 1. The number of nitrogens with one attached hydrogen (secondary N) is 1. The summed E-state index contributed by atoms with van der Waals surface area (Å²) >= 11 is 1.48. The highest BCUT2D eigenvalue weighted by atomic mass is 32.1. The summed E-state index contributed by atoms with van der Waals surface area (Å²) in [5.74, 6) is 1.38. The van der Waals surface area contributed by atoms with E-state index in [0.29, 0.717) is 31.2 Å². The monoisotopic (exact) mass is 307 g/mol. The fourth-order valence-electron chi connectivity index (χ4n) is 2.23. The Bertz CT molecular complexity index is 638.